The summed E-state index contributed by atoms with van der Waals surface area (Å²) >= 11 is 0. The minimum atomic E-state index is -5.10. The molecule has 0 spiro atoms. The van der Waals surface area contributed by atoms with Crippen LogP contribution in [0.4, 0.5) is 39.9 Å². The van der Waals surface area contributed by atoms with Crippen molar-refractivity contribution in [3.05, 3.63) is 59.7 Å². The Morgan fingerprint density at radius 1 is 0.443 bits per heavy atom. The lowest BCUT2D eigenvalue weighted by molar-refractivity contribution is -0.275. The molecule has 0 aromatic heterocycles. The molecule has 0 saturated heterocycles. The molecule has 0 saturated carbocycles. The van der Waals surface area contributed by atoms with Crippen LogP contribution in [0.15, 0.2) is 48.5 Å². The summed E-state index contributed by atoms with van der Waals surface area (Å²) in [4.78, 5) is 128. The molecule has 0 bridgehead atoms. The van der Waals surface area contributed by atoms with Crippen molar-refractivity contribution in [3.8, 4) is 11.5 Å². The molecule has 0 unspecified atom stereocenters. The average molecular weight is 1270 g/mol. The molecular formula is C59H82F8N4O17. The van der Waals surface area contributed by atoms with Crippen molar-refractivity contribution in [2.45, 2.75) is 207 Å². The molecule has 0 fully saturated rings. The fourth-order valence-corrected chi connectivity index (χ4v) is 8.60. The summed E-state index contributed by atoms with van der Waals surface area (Å²) in [6.07, 6.45) is -21.7. The Hall–Kier alpha value is -7.49. The standard InChI is InChI=1S/C59H82F8N4O17/c1-32(2)26-40(50(77)82-34(5)46(72)70(16)43(31-57(12,13)61)53(80)85-45(49(75)76)29-37-20-24-39(25-21-37)87-59(65,66)67)68(14)48(74)44(28-36-18-22-38(23-19-36)86-58(62,63)64)84-52(79)42(30-56(10,11)60)69(15)47(73)35(6)83-51(78)41(27-33(3)4)71(17)54(81)88-55(7,8)9/h18-25,32-35,40-45H,26-31H2,1-17H3,(H,75,76)/t34-,35-,40+,41+,42+,43-,44-,45-/m1/s1. The minimum Gasteiger partial charge on any atom is -0.478 e. The summed E-state index contributed by atoms with van der Waals surface area (Å²) in [6, 6.07) is 1.11. The number of nitrogens with zero attached hydrogens (tertiary/aromatic N) is 4. The second-order valence-electron chi connectivity index (χ2n) is 24.2. The first-order valence-corrected chi connectivity index (χ1v) is 27.9. The zero-order valence-corrected chi connectivity index (χ0v) is 52.4. The first-order chi connectivity index (χ1) is 40.0. The molecule has 1 N–H and O–H groups in total. The highest BCUT2D eigenvalue weighted by Gasteiger charge is 2.44. The quantitative estimate of drug-likeness (QED) is 0.0435. The molecule has 0 aliphatic heterocycles. The van der Waals surface area contributed by atoms with Crippen molar-refractivity contribution in [2.24, 2.45) is 11.8 Å². The Morgan fingerprint density at radius 3 is 1.06 bits per heavy atom. The van der Waals surface area contributed by atoms with Gasteiger partial charge >= 0.3 is 48.7 Å². The highest BCUT2D eigenvalue weighted by atomic mass is 19.4. The van der Waals surface area contributed by atoms with Gasteiger partial charge < -0.3 is 53.0 Å². The van der Waals surface area contributed by atoms with E-state index in [9.17, 15) is 74.6 Å². The van der Waals surface area contributed by atoms with Crippen LogP contribution in [0.1, 0.15) is 127 Å². The van der Waals surface area contributed by atoms with E-state index in [0.29, 0.717) is 9.80 Å². The van der Waals surface area contributed by atoms with Crippen molar-refractivity contribution in [1.82, 2.24) is 19.6 Å². The van der Waals surface area contributed by atoms with Gasteiger partial charge in [-0.05, 0) is 122 Å². The van der Waals surface area contributed by atoms with Gasteiger partial charge in [-0.15, -0.1) is 26.3 Å². The number of esters is 4. The lowest BCUT2D eigenvalue weighted by atomic mass is 9.98. The Balaban J connectivity index is 2.59. The van der Waals surface area contributed by atoms with Gasteiger partial charge in [0.2, 0.25) is 6.10 Å². The summed E-state index contributed by atoms with van der Waals surface area (Å²) in [5, 5.41) is 9.95. The van der Waals surface area contributed by atoms with Crippen LogP contribution in [0.5, 0.6) is 11.5 Å². The lowest BCUT2D eigenvalue weighted by Crippen LogP contribution is -2.54. The van der Waals surface area contributed by atoms with E-state index in [-0.39, 0.29) is 29.9 Å². The Kier molecular flexibility index (Phi) is 27.5. The molecule has 2 rings (SSSR count). The number of alkyl halides is 8. The molecule has 2 aromatic carbocycles. The van der Waals surface area contributed by atoms with E-state index in [1.807, 2.05) is 0 Å². The van der Waals surface area contributed by atoms with Crippen molar-refractivity contribution in [1.29, 1.82) is 0 Å². The maximum absolute atomic E-state index is 15.7. The molecular weight excluding hydrogens is 1190 g/mol. The predicted molar refractivity (Wildman–Crippen MR) is 298 cm³/mol. The fourth-order valence-electron chi connectivity index (χ4n) is 8.60. The normalized spacial score (nSPS) is 15.0. The second-order valence-corrected chi connectivity index (χ2v) is 24.2. The van der Waals surface area contributed by atoms with Crippen LogP contribution in [0.3, 0.4) is 0 Å². The zero-order chi connectivity index (χ0) is 67.9. The summed E-state index contributed by atoms with van der Waals surface area (Å²) in [7, 11) is 4.43. The van der Waals surface area contributed by atoms with E-state index >= 15 is 8.78 Å². The first kappa shape index (κ1) is 76.6. The van der Waals surface area contributed by atoms with Gasteiger partial charge in [-0.1, -0.05) is 52.0 Å². The summed E-state index contributed by atoms with van der Waals surface area (Å²) in [5.74, 6) is -12.3. The number of aliphatic carboxylic acids is 1. The number of carbonyl (C=O) groups excluding carboxylic acids is 8. The van der Waals surface area contributed by atoms with Crippen LogP contribution < -0.4 is 9.47 Å². The summed E-state index contributed by atoms with van der Waals surface area (Å²) < 4.78 is 144. The Labute approximate surface area is 506 Å². The second kappa shape index (κ2) is 31.6. The number of hydrogen-bond acceptors (Lipinski definition) is 16. The van der Waals surface area contributed by atoms with Gasteiger partial charge in [-0.2, -0.15) is 0 Å². The van der Waals surface area contributed by atoms with Crippen LogP contribution in [-0.2, 0) is 74.9 Å². The monoisotopic (exact) mass is 1270 g/mol. The number of likely N-dealkylation sites (N-methyl/N-ethyl adjacent to an activating group) is 4. The van der Waals surface area contributed by atoms with Crippen LogP contribution in [0, 0.1) is 11.8 Å². The van der Waals surface area contributed by atoms with Gasteiger partial charge in [0.05, 0.1) is 0 Å². The predicted octanol–water partition coefficient (Wildman–Crippen LogP) is 9.13. The SMILES string of the molecule is CC(C)C[C@@H](C(=O)O[C@H](C)C(=O)N(C)[C@@H](CC(C)(C)F)C(=O)O[C@H](Cc1ccc(OC(F)(F)F)cc1)C(=O)N(C)[C@@H](CC(C)C)C(=O)O[C@H](C)C(=O)N(C)[C@H](CC(C)(C)F)C(=O)O[C@H](Cc1ccc(OC(F)(F)F)cc1)C(=O)O)N(C)C(=O)OC(C)(C)C. The Bertz CT molecular complexity index is 2710. The van der Waals surface area contributed by atoms with Crippen molar-refractivity contribution < 1.29 is 117 Å². The van der Waals surface area contributed by atoms with Gasteiger partial charge in [0, 0.05) is 53.9 Å². The first-order valence-electron chi connectivity index (χ1n) is 27.9. The topological polar surface area (TPSA) is 251 Å². The Morgan fingerprint density at radius 2 is 0.750 bits per heavy atom. The molecule has 0 heterocycles. The summed E-state index contributed by atoms with van der Waals surface area (Å²) in [6.45, 7) is 18.0. The van der Waals surface area contributed by atoms with Crippen molar-refractivity contribution >= 4 is 53.7 Å². The lowest BCUT2D eigenvalue weighted by Gasteiger charge is -2.35. The van der Waals surface area contributed by atoms with Gasteiger partial charge in [0.15, 0.2) is 18.3 Å². The molecule has 0 aliphatic carbocycles. The van der Waals surface area contributed by atoms with Gasteiger partial charge in [0.1, 0.15) is 52.6 Å². The molecule has 8 atom stereocenters. The van der Waals surface area contributed by atoms with Crippen LogP contribution in [0.2, 0.25) is 0 Å². The highest BCUT2D eigenvalue weighted by molar-refractivity contribution is 5.93. The smallest absolute Gasteiger partial charge is 0.478 e. The molecule has 0 aliphatic rings. The number of ether oxygens (including phenoxy) is 7. The third-order valence-electron chi connectivity index (χ3n) is 12.9. The molecule has 0 radical (unpaired) electrons. The third-order valence-corrected chi connectivity index (χ3v) is 12.9. The molecule has 21 nitrogen and oxygen atoms in total. The van der Waals surface area contributed by atoms with E-state index in [4.69, 9.17) is 23.7 Å². The number of carboxylic acids is 1. The van der Waals surface area contributed by atoms with Crippen LogP contribution in [0.25, 0.3) is 0 Å². The minimum absolute atomic E-state index is 0.0341. The molecule has 4 amide bonds. The van der Waals surface area contributed by atoms with Gasteiger partial charge in [-0.25, -0.2) is 37.5 Å². The number of amides is 4. The maximum atomic E-state index is 15.7. The number of benzene rings is 2. The molecule has 29 heteroatoms. The largest absolute Gasteiger partial charge is 0.573 e. The average Bonchev–Trinajstić information content (AvgIpc) is 2.79. The van der Waals surface area contributed by atoms with Crippen molar-refractivity contribution in [3.63, 3.8) is 0 Å². The summed E-state index contributed by atoms with van der Waals surface area (Å²) in [5.41, 5.74) is -5.38. The van der Waals surface area contributed by atoms with Gasteiger partial charge in [0.25, 0.3) is 17.7 Å². The van der Waals surface area contributed by atoms with E-state index in [1.54, 1.807) is 48.5 Å². The van der Waals surface area contributed by atoms with E-state index in [1.165, 1.54) is 7.05 Å². The maximum Gasteiger partial charge on any atom is 0.573 e. The fraction of sp³-hybridized carbons (Fsp3) is 0.644. The van der Waals surface area contributed by atoms with Crippen LogP contribution in [-0.4, -0.2) is 185 Å². The van der Waals surface area contributed by atoms with Gasteiger partial charge in [-0.3, -0.25) is 19.3 Å². The third kappa shape index (κ3) is 26.5. The van der Waals surface area contributed by atoms with Crippen LogP contribution >= 0.6 is 0 Å². The van der Waals surface area contributed by atoms with Crippen molar-refractivity contribution in [2.75, 3.05) is 28.2 Å². The zero-order valence-electron chi connectivity index (χ0n) is 52.4. The number of carbonyl (C=O) groups is 9. The number of rotatable bonds is 30. The number of carboxylic acid groups (broad SMARTS) is 1. The molecule has 2 aromatic rings. The van der Waals surface area contributed by atoms with E-state index < -0.39 is 175 Å². The molecule has 88 heavy (non-hydrogen) atoms. The number of halogens is 8. The van der Waals surface area contributed by atoms with E-state index in [0.717, 1.165) is 121 Å². The highest BCUT2D eigenvalue weighted by Crippen LogP contribution is 2.29. The number of hydrogen-bond donors (Lipinski definition) is 1. The van der Waals surface area contributed by atoms with E-state index in [2.05, 4.69) is 9.47 Å². The molecule has 496 valence electrons.